The van der Waals surface area contributed by atoms with Gasteiger partial charge in [0, 0.05) is 16.1 Å². The third-order valence-corrected chi connectivity index (χ3v) is 5.06. The first kappa shape index (κ1) is 16.7. The number of rotatable bonds is 5. The lowest BCUT2D eigenvalue weighted by Gasteiger charge is -2.49. The minimum atomic E-state index is -0.208. The van der Waals surface area contributed by atoms with E-state index in [1.54, 1.807) is 6.07 Å². The van der Waals surface area contributed by atoms with Crippen LogP contribution in [0.4, 0.5) is 4.39 Å². The van der Waals surface area contributed by atoms with Crippen LogP contribution in [0.15, 0.2) is 18.2 Å². The van der Waals surface area contributed by atoms with Crippen molar-refractivity contribution in [3.8, 4) is 0 Å². The number of benzene rings is 1. The highest BCUT2D eigenvalue weighted by molar-refractivity contribution is 6.30. The van der Waals surface area contributed by atoms with Crippen molar-refractivity contribution in [1.29, 1.82) is 0 Å². The first-order valence-electron chi connectivity index (χ1n) is 7.87. The molecule has 1 aromatic carbocycles. The van der Waals surface area contributed by atoms with E-state index in [2.05, 4.69) is 31.2 Å². The van der Waals surface area contributed by atoms with Crippen molar-refractivity contribution < 1.29 is 4.39 Å². The molecule has 0 aromatic heterocycles. The zero-order valence-electron chi connectivity index (χ0n) is 13.3. The summed E-state index contributed by atoms with van der Waals surface area (Å²) in [5, 5.41) is 3.98. The van der Waals surface area contributed by atoms with Gasteiger partial charge in [0.15, 0.2) is 0 Å². The average Bonchev–Trinajstić information content (AvgIpc) is 2.46. The molecule has 0 bridgehead atoms. The molecule has 0 saturated heterocycles. The van der Waals surface area contributed by atoms with E-state index in [4.69, 9.17) is 11.6 Å². The Morgan fingerprint density at radius 1 is 1.29 bits per heavy atom. The quantitative estimate of drug-likeness (QED) is 0.867. The third-order valence-electron chi connectivity index (χ3n) is 4.83. The lowest BCUT2D eigenvalue weighted by atomic mass is 9.73. The maximum absolute atomic E-state index is 14.5. The van der Waals surface area contributed by atoms with Gasteiger partial charge < -0.3 is 10.2 Å². The van der Waals surface area contributed by atoms with Crippen molar-refractivity contribution in [3.05, 3.63) is 34.6 Å². The van der Waals surface area contributed by atoms with Crippen molar-refractivity contribution in [1.82, 2.24) is 10.2 Å². The van der Waals surface area contributed by atoms with Crippen LogP contribution in [0.3, 0.4) is 0 Å². The van der Waals surface area contributed by atoms with Crippen molar-refractivity contribution in [3.63, 3.8) is 0 Å². The predicted molar refractivity (Wildman–Crippen MR) is 87.3 cm³/mol. The molecule has 118 valence electrons. The highest BCUT2D eigenvalue weighted by atomic mass is 35.5. The summed E-state index contributed by atoms with van der Waals surface area (Å²) >= 11 is 5.91. The summed E-state index contributed by atoms with van der Waals surface area (Å²) in [5.41, 5.74) is 0.708. The Balaban J connectivity index is 2.44. The van der Waals surface area contributed by atoms with Gasteiger partial charge in [-0.05, 0) is 45.6 Å². The molecular weight excluding hydrogens is 287 g/mol. The molecule has 0 radical (unpaired) electrons. The standard InChI is InChI=1S/C17H26ClFN2/c1-4-20-16(14-9-8-13(18)12-15(14)19)17(21(2)3)10-6-5-7-11-17/h8-9,12,16,20H,4-7,10-11H2,1-3H3. The summed E-state index contributed by atoms with van der Waals surface area (Å²) in [6.07, 6.45) is 5.88. The van der Waals surface area contributed by atoms with E-state index >= 15 is 0 Å². The van der Waals surface area contributed by atoms with Crippen LogP contribution in [-0.4, -0.2) is 31.1 Å². The average molecular weight is 313 g/mol. The molecule has 0 amide bonds. The lowest BCUT2D eigenvalue weighted by molar-refractivity contribution is 0.0557. The van der Waals surface area contributed by atoms with Gasteiger partial charge >= 0.3 is 0 Å². The van der Waals surface area contributed by atoms with Gasteiger partial charge in [0.25, 0.3) is 0 Å². The fourth-order valence-electron chi connectivity index (χ4n) is 3.69. The summed E-state index contributed by atoms with van der Waals surface area (Å²) in [6.45, 7) is 2.90. The summed E-state index contributed by atoms with van der Waals surface area (Å²) < 4.78 is 14.5. The topological polar surface area (TPSA) is 15.3 Å². The summed E-state index contributed by atoms with van der Waals surface area (Å²) in [4.78, 5) is 2.29. The van der Waals surface area contributed by atoms with Gasteiger partial charge in [0.05, 0.1) is 6.04 Å². The Bertz CT molecular complexity index is 470. The minimum absolute atomic E-state index is 0.00457. The zero-order valence-corrected chi connectivity index (χ0v) is 14.0. The van der Waals surface area contributed by atoms with Crippen LogP contribution < -0.4 is 5.32 Å². The van der Waals surface area contributed by atoms with Crippen LogP contribution >= 0.6 is 11.6 Å². The number of halogens is 2. The maximum Gasteiger partial charge on any atom is 0.129 e. The molecule has 0 aliphatic heterocycles. The molecule has 2 rings (SSSR count). The molecular formula is C17H26ClFN2. The molecule has 1 N–H and O–H groups in total. The van der Waals surface area contributed by atoms with Gasteiger partial charge in [0.1, 0.15) is 5.82 Å². The predicted octanol–water partition coefficient (Wildman–Crippen LogP) is 4.39. The second kappa shape index (κ2) is 7.08. The molecule has 1 atom stereocenters. The molecule has 2 nitrogen and oxygen atoms in total. The number of hydrogen-bond donors (Lipinski definition) is 1. The van der Waals surface area contributed by atoms with Crippen molar-refractivity contribution >= 4 is 11.6 Å². The van der Waals surface area contributed by atoms with Gasteiger partial charge in [-0.2, -0.15) is 0 Å². The van der Waals surface area contributed by atoms with Crippen molar-refractivity contribution in [2.24, 2.45) is 0 Å². The van der Waals surface area contributed by atoms with E-state index in [-0.39, 0.29) is 17.4 Å². The largest absolute Gasteiger partial charge is 0.309 e. The van der Waals surface area contributed by atoms with Gasteiger partial charge in [-0.15, -0.1) is 0 Å². The summed E-state index contributed by atoms with van der Waals surface area (Å²) in [5.74, 6) is -0.208. The molecule has 21 heavy (non-hydrogen) atoms. The molecule has 1 aromatic rings. The first-order valence-corrected chi connectivity index (χ1v) is 8.25. The number of nitrogens with one attached hydrogen (secondary N) is 1. The Kier molecular flexibility index (Phi) is 5.64. The zero-order chi connectivity index (χ0) is 15.5. The van der Waals surface area contributed by atoms with Crippen LogP contribution in [0.25, 0.3) is 0 Å². The number of hydrogen-bond acceptors (Lipinski definition) is 2. The van der Waals surface area contributed by atoms with E-state index in [1.165, 1.54) is 25.3 Å². The van der Waals surface area contributed by atoms with Gasteiger partial charge in [-0.3, -0.25) is 0 Å². The lowest BCUT2D eigenvalue weighted by Crippen LogP contribution is -2.55. The fraction of sp³-hybridized carbons (Fsp3) is 0.647. The van der Waals surface area contributed by atoms with Crippen molar-refractivity contribution in [2.45, 2.75) is 50.6 Å². The Morgan fingerprint density at radius 3 is 2.48 bits per heavy atom. The third kappa shape index (κ3) is 3.41. The molecule has 1 aliphatic rings. The normalized spacial score (nSPS) is 19.7. The monoisotopic (exact) mass is 312 g/mol. The fourth-order valence-corrected chi connectivity index (χ4v) is 3.85. The maximum atomic E-state index is 14.5. The van der Waals surface area contributed by atoms with Gasteiger partial charge in [-0.25, -0.2) is 4.39 Å². The second-order valence-corrected chi connectivity index (χ2v) is 6.65. The van der Waals surface area contributed by atoms with Crippen LogP contribution in [0.1, 0.15) is 50.6 Å². The highest BCUT2D eigenvalue weighted by Gasteiger charge is 2.43. The molecule has 1 unspecified atom stereocenters. The molecule has 1 aliphatic carbocycles. The number of nitrogens with zero attached hydrogens (tertiary/aromatic N) is 1. The number of likely N-dealkylation sites (N-methyl/N-ethyl adjacent to an activating group) is 2. The van der Waals surface area contributed by atoms with Crippen LogP contribution in [-0.2, 0) is 0 Å². The van der Waals surface area contributed by atoms with E-state index in [9.17, 15) is 4.39 Å². The minimum Gasteiger partial charge on any atom is -0.309 e. The molecule has 1 fully saturated rings. The Morgan fingerprint density at radius 2 is 1.95 bits per heavy atom. The van der Waals surface area contributed by atoms with E-state index in [1.807, 2.05) is 6.07 Å². The molecule has 1 saturated carbocycles. The van der Waals surface area contributed by atoms with Crippen molar-refractivity contribution in [2.75, 3.05) is 20.6 Å². The second-order valence-electron chi connectivity index (χ2n) is 6.22. The van der Waals surface area contributed by atoms with Gasteiger partial charge in [-0.1, -0.05) is 43.9 Å². The Labute approximate surface area is 132 Å². The molecule has 0 heterocycles. The molecule has 4 heteroatoms. The summed E-state index contributed by atoms with van der Waals surface area (Å²) in [6, 6.07) is 5.05. The SMILES string of the molecule is CCNC(c1ccc(Cl)cc1F)C1(N(C)C)CCCCC1. The van der Waals surface area contributed by atoms with Gasteiger partial charge in [0.2, 0.25) is 0 Å². The van der Waals surface area contributed by atoms with Crippen LogP contribution in [0.2, 0.25) is 5.02 Å². The Hall–Kier alpha value is -0.640. The molecule has 0 spiro atoms. The first-order chi connectivity index (χ1) is 10.0. The van der Waals surface area contributed by atoms with E-state index < -0.39 is 0 Å². The van der Waals surface area contributed by atoms with E-state index in [0.29, 0.717) is 5.02 Å². The highest BCUT2D eigenvalue weighted by Crippen LogP contribution is 2.42. The van der Waals surface area contributed by atoms with Crippen LogP contribution in [0.5, 0.6) is 0 Å². The smallest absolute Gasteiger partial charge is 0.129 e. The van der Waals surface area contributed by atoms with Crippen LogP contribution in [0, 0.1) is 5.82 Å². The summed E-state index contributed by atoms with van der Waals surface area (Å²) in [7, 11) is 4.23. The van der Waals surface area contributed by atoms with E-state index in [0.717, 1.165) is 24.9 Å².